The molecule has 2 aliphatic rings. The van der Waals surface area contributed by atoms with Crippen LogP contribution < -0.4 is 10.6 Å². The minimum Gasteiger partial charge on any atom is -0.468 e. The third kappa shape index (κ3) is 4.05. The van der Waals surface area contributed by atoms with Crippen molar-refractivity contribution >= 4 is 28.6 Å². The molecule has 0 saturated carbocycles. The van der Waals surface area contributed by atoms with Gasteiger partial charge in [-0.3, -0.25) is 19.4 Å². The van der Waals surface area contributed by atoms with Gasteiger partial charge in [-0.2, -0.15) is 0 Å². The van der Waals surface area contributed by atoms with Crippen molar-refractivity contribution in [3.63, 3.8) is 0 Å². The van der Waals surface area contributed by atoms with E-state index >= 15 is 0 Å². The lowest BCUT2D eigenvalue weighted by atomic mass is 9.90. The summed E-state index contributed by atoms with van der Waals surface area (Å²) in [5, 5.41) is 7.70. The van der Waals surface area contributed by atoms with Gasteiger partial charge in [0, 0.05) is 6.54 Å². The number of imide groups is 1. The maximum Gasteiger partial charge on any atom is 0.325 e. The Labute approximate surface area is 197 Å². The lowest BCUT2D eigenvalue weighted by molar-refractivity contribution is -0.134. The number of likely N-dealkylation sites (tertiary alicyclic amines) is 1. The highest BCUT2D eigenvalue weighted by molar-refractivity contribution is 6.09. The van der Waals surface area contributed by atoms with Crippen LogP contribution in [0.1, 0.15) is 37.1 Å². The number of hydrogen-bond donors (Lipinski definition) is 2. The molecule has 2 saturated heterocycles. The molecule has 5 rings (SSSR count). The van der Waals surface area contributed by atoms with Crippen molar-refractivity contribution in [1.29, 1.82) is 0 Å². The highest BCUT2D eigenvalue weighted by atomic mass is 16.3. The van der Waals surface area contributed by atoms with Crippen LogP contribution in [0.25, 0.3) is 10.8 Å². The number of furan rings is 1. The van der Waals surface area contributed by atoms with Crippen LogP contribution in [-0.2, 0) is 15.1 Å². The van der Waals surface area contributed by atoms with Gasteiger partial charge in [0.2, 0.25) is 5.91 Å². The largest absolute Gasteiger partial charge is 0.468 e. The highest BCUT2D eigenvalue weighted by Gasteiger charge is 2.49. The maximum atomic E-state index is 13.3. The summed E-state index contributed by atoms with van der Waals surface area (Å²) >= 11 is 0. The van der Waals surface area contributed by atoms with Crippen LogP contribution in [0.5, 0.6) is 0 Å². The molecule has 8 nitrogen and oxygen atoms in total. The Morgan fingerprint density at radius 2 is 1.85 bits per heavy atom. The average molecular weight is 461 g/mol. The Morgan fingerprint density at radius 3 is 2.59 bits per heavy atom. The summed E-state index contributed by atoms with van der Waals surface area (Å²) in [6.07, 6.45) is 3.85. The van der Waals surface area contributed by atoms with Crippen LogP contribution in [0.3, 0.4) is 0 Å². The molecule has 4 amide bonds. The van der Waals surface area contributed by atoms with Crippen LogP contribution in [0, 0.1) is 0 Å². The van der Waals surface area contributed by atoms with Crippen LogP contribution in [0.15, 0.2) is 65.3 Å². The number of fused-ring (bicyclic) bond motifs is 1. The fourth-order valence-corrected chi connectivity index (χ4v) is 4.89. The molecule has 2 atom stereocenters. The third-order valence-electron chi connectivity index (χ3n) is 6.85. The number of carbonyl (C=O) groups is 3. The molecule has 34 heavy (non-hydrogen) atoms. The first-order valence-electron chi connectivity index (χ1n) is 11.6. The van der Waals surface area contributed by atoms with Crippen molar-refractivity contribution in [3.8, 4) is 0 Å². The molecule has 1 aromatic heterocycles. The fourth-order valence-electron chi connectivity index (χ4n) is 4.89. The Bertz CT molecular complexity index is 1220. The van der Waals surface area contributed by atoms with Crippen molar-refractivity contribution in [1.82, 2.24) is 20.4 Å². The summed E-state index contributed by atoms with van der Waals surface area (Å²) < 4.78 is 5.59. The van der Waals surface area contributed by atoms with Crippen LogP contribution >= 0.6 is 0 Å². The van der Waals surface area contributed by atoms with Crippen molar-refractivity contribution in [2.45, 2.75) is 31.3 Å². The molecule has 0 aliphatic carbocycles. The van der Waals surface area contributed by atoms with Gasteiger partial charge in [-0.05, 0) is 67.4 Å². The first kappa shape index (κ1) is 22.2. The number of nitrogens with zero attached hydrogens (tertiary/aromatic N) is 2. The van der Waals surface area contributed by atoms with E-state index in [1.54, 1.807) is 13.2 Å². The second-order valence-corrected chi connectivity index (χ2v) is 9.09. The quantitative estimate of drug-likeness (QED) is 0.528. The van der Waals surface area contributed by atoms with Gasteiger partial charge in [0.05, 0.1) is 12.3 Å². The molecule has 2 N–H and O–H groups in total. The number of urea groups is 1. The van der Waals surface area contributed by atoms with E-state index in [-0.39, 0.29) is 18.5 Å². The van der Waals surface area contributed by atoms with E-state index in [0.717, 1.165) is 47.4 Å². The molecule has 3 heterocycles. The molecular formula is C26H28N4O4. The molecule has 2 aromatic carbocycles. The second-order valence-electron chi connectivity index (χ2n) is 9.09. The van der Waals surface area contributed by atoms with Crippen molar-refractivity contribution in [2.24, 2.45) is 0 Å². The Hall–Kier alpha value is -3.65. The van der Waals surface area contributed by atoms with Crippen LogP contribution in [-0.4, -0.2) is 53.8 Å². The Balaban J connectivity index is 1.27. The SMILES string of the molecule is C[C@@]1(c2ccc3ccccc3c2)NC(=O)N(CC(=O)NC[C@@H](c2ccco2)N2CCCC2)C1=O. The molecule has 2 aliphatic heterocycles. The molecule has 3 aromatic rings. The van der Waals surface area contributed by atoms with E-state index in [9.17, 15) is 14.4 Å². The number of nitrogens with one attached hydrogen (secondary N) is 2. The van der Waals surface area contributed by atoms with E-state index < -0.39 is 17.5 Å². The highest BCUT2D eigenvalue weighted by Crippen LogP contribution is 2.31. The lowest BCUT2D eigenvalue weighted by Gasteiger charge is -2.26. The molecular weight excluding hydrogens is 432 g/mol. The third-order valence-corrected chi connectivity index (χ3v) is 6.85. The smallest absolute Gasteiger partial charge is 0.325 e. The predicted octanol–water partition coefficient (Wildman–Crippen LogP) is 3.15. The topological polar surface area (TPSA) is 94.9 Å². The molecule has 176 valence electrons. The molecule has 0 bridgehead atoms. The van der Waals surface area contributed by atoms with Gasteiger partial charge in [0.1, 0.15) is 17.8 Å². The van der Waals surface area contributed by atoms with E-state index in [2.05, 4.69) is 15.5 Å². The monoisotopic (exact) mass is 460 g/mol. The summed E-state index contributed by atoms with van der Waals surface area (Å²) in [5.74, 6) is -0.0341. The first-order chi connectivity index (χ1) is 16.5. The van der Waals surface area contributed by atoms with Crippen molar-refractivity contribution in [2.75, 3.05) is 26.2 Å². The van der Waals surface area contributed by atoms with E-state index in [4.69, 9.17) is 4.42 Å². The number of amides is 4. The van der Waals surface area contributed by atoms with Crippen LogP contribution in [0.2, 0.25) is 0 Å². The molecule has 8 heteroatoms. The fraction of sp³-hybridized carbons (Fsp3) is 0.346. The van der Waals surface area contributed by atoms with Gasteiger partial charge < -0.3 is 15.1 Å². The van der Waals surface area contributed by atoms with Crippen LogP contribution in [0.4, 0.5) is 4.79 Å². The maximum absolute atomic E-state index is 13.3. The summed E-state index contributed by atoms with van der Waals surface area (Å²) in [5.41, 5.74) is -0.549. The Morgan fingerprint density at radius 1 is 1.09 bits per heavy atom. The normalized spacial score (nSPS) is 21.7. The summed E-state index contributed by atoms with van der Waals surface area (Å²) in [4.78, 5) is 42.0. The zero-order chi connectivity index (χ0) is 23.7. The van der Waals surface area contributed by atoms with Gasteiger partial charge >= 0.3 is 6.03 Å². The molecule has 2 fully saturated rings. The second kappa shape index (κ2) is 8.95. The summed E-state index contributed by atoms with van der Waals surface area (Å²) in [6, 6.07) is 16.6. The standard InChI is InChI=1S/C26H28N4O4/c1-26(20-11-10-18-7-2-3-8-19(18)15-20)24(32)30(25(33)28-26)17-23(31)27-16-21(22-9-6-14-34-22)29-12-4-5-13-29/h2-3,6-11,14-15,21H,4-5,12-13,16-17H2,1H3,(H,27,31)(H,28,33)/t21-,26-/m0/s1. The van der Waals surface area contributed by atoms with Crippen molar-refractivity contribution < 1.29 is 18.8 Å². The molecule has 0 unspecified atom stereocenters. The average Bonchev–Trinajstić information content (AvgIpc) is 3.60. The van der Waals surface area contributed by atoms with E-state index in [1.807, 2.05) is 54.6 Å². The van der Waals surface area contributed by atoms with Gasteiger partial charge in [-0.15, -0.1) is 0 Å². The Kier molecular flexibility index (Phi) is 5.83. The number of rotatable bonds is 7. The van der Waals surface area contributed by atoms with Gasteiger partial charge in [-0.1, -0.05) is 36.4 Å². The molecule has 0 spiro atoms. The van der Waals surface area contributed by atoms with Gasteiger partial charge in [0.15, 0.2) is 0 Å². The predicted molar refractivity (Wildman–Crippen MR) is 127 cm³/mol. The summed E-state index contributed by atoms with van der Waals surface area (Å²) in [7, 11) is 0. The number of carbonyl (C=O) groups excluding carboxylic acids is 3. The molecule has 0 radical (unpaired) electrons. The van der Waals surface area contributed by atoms with E-state index in [1.165, 1.54) is 0 Å². The summed E-state index contributed by atoms with van der Waals surface area (Å²) in [6.45, 7) is 3.57. The minimum atomic E-state index is -1.23. The zero-order valence-corrected chi connectivity index (χ0v) is 19.1. The minimum absolute atomic E-state index is 0.0765. The number of benzene rings is 2. The first-order valence-corrected chi connectivity index (χ1v) is 11.6. The van der Waals surface area contributed by atoms with Crippen molar-refractivity contribution in [3.05, 3.63) is 72.2 Å². The number of hydrogen-bond acceptors (Lipinski definition) is 5. The lowest BCUT2D eigenvalue weighted by Crippen LogP contribution is -2.44. The van der Waals surface area contributed by atoms with E-state index in [0.29, 0.717) is 12.1 Å². The zero-order valence-electron chi connectivity index (χ0n) is 19.1. The van der Waals surface area contributed by atoms with Gasteiger partial charge in [0.25, 0.3) is 5.91 Å². The van der Waals surface area contributed by atoms with Gasteiger partial charge in [-0.25, -0.2) is 4.79 Å².